The average Bonchev–Trinajstić information content (AvgIpc) is 2.37. The van der Waals surface area contributed by atoms with Crippen LogP contribution < -0.4 is 5.56 Å². The largest absolute Gasteiger partial charge is 0.387 e. The highest BCUT2D eigenvalue weighted by molar-refractivity contribution is 5.77. The van der Waals surface area contributed by atoms with Crippen LogP contribution in [0.4, 0.5) is 0 Å². The van der Waals surface area contributed by atoms with Crippen LogP contribution in [-0.4, -0.2) is 45.6 Å². The summed E-state index contributed by atoms with van der Waals surface area (Å²) in [6.07, 6.45) is 1.56. The Kier molecular flexibility index (Phi) is 3.76. The van der Waals surface area contributed by atoms with Crippen molar-refractivity contribution in [2.45, 2.75) is 25.7 Å². The van der Waals surface area contributed by atoms with Gasteiger partial charge in [-0.25, -0.2) is 4.98 Å². The summed E-state index contributed by atoms with van der Waals surface area (Å²) in [4.78, 5) is 31.3. The molecule has 0 aromatic carbocycles. The Balaban J connectivity index is 2.05. The molecule has 1 aliphatic rings. The third-order valence-corrected chi connectivity index (χ3v) is 3.28. The molecule has 18 heavy (non-hydrogen) atoms. The van der Waals surface area contributed by atoms with Gasteiger partial charge in [0.15, 0.2) is 0 Å². The van der Waals surface area contributed by atoms with Crippen LogP contribution in [0.5, 0.6) is 0 Å². The molecule has 6 heteroatoms. The van der Waals surface area contributed by atoms with E-state index in [4.69, 9.17) is 5.11 Å². The van der Waals surface area contributed by atoms with Crippen LogP contribution in [0, 0.1) is 6.92 Å². The summed E-state index contributed by atoms with van der Waals surface area (Å²) in [5, 5.41) is 8.79. The van der Waals surface area contributed by atoms with Gasteiger partial charge in [0.05, 0.1) is 5.69 Å². The van der Waals surface area contributed by atoms with Crippen LogP contribution in [0.1, 0.15) is 30.3 Å². The summed E-state index contributed by atoms with van der Waals surface area (Å²) < 4.78 is 0. The zero-order valence-corrected chi connectivity index (χ0v) is 10.3. The maximum absolute atomic E-state index is 11.4. The number of aliphatic hydroxyl groups excluding tert-OH is 1. The smallest absolute Gasteiger partial charge is 0.251 e. The first-order chi connectivity index (χ1) is 8.60. The molecule has 6 nitrogen and oxygen atoms in total. The average molecular weight is 251 g/mol. The third-order valence-electron chi connectivity index (χ3n) is 3.28. The molecule has 98 valence electrons. The number of aromatic amines is 1. The van der Waals surface area contributed by atoms with E-state index in [0.29, 0.717) is 18.9 Å². The van der Waals surface area contributed by atoms with Crippen molar-refractivity contribution in [1.82, 2.24) is 14.9 Å². The van der Waals surface area contributed by atoms with Gasteiger partial charge in [0.2, 0.25) is 5.91 Å². The number of nitrogens with zero attached hydrogens (tertiary/aromatic N) is 2. The lowest BCUT2D eigenvalue weighted by Gasteiger charge is -2.31. The Bertz CT molecular complexity index is 490. The highest BCUT2D eigenvalue weighted by atomic mass is 16.3. The molecular weight excluding hydrogens is 234 g/mol. The van der Waals surface area contributed by atoms with E-state index in [1.54, 1.807) is 11.8 Å². The minimum Gasteiger partial charge on any atom is -0.387 e. The first-order valence-corrected chi connectivity index (χ1v) is 6.06. The molecular formula is C12H17N3O3. The van der Waals surface area contributed by atoms with Gasteiger partial charge in [-0.05, 0) is 19.8 Å². The zero-order chi connectivity index (χ0) is 13.1. The van der Waals surface area contributed by atoms with Crippen LogP contribution in [0.15, 0.2) is 10.9 Å². The fourth-order valence-electron chi connectivity index (χ4n) is 2.34. The fourth-order valence-corrected chi connectivity index (χ4v) is 2.34. The second-order valence-corrected chi connectivity index (χ2v) is 4.57. The fraction of sp³-hybridized carbons (Fsp3) is 0.583. The van der Waals surface area contributed by atoms with Crippen molar-refractivity contribution in [3.63, 3.8) is 0 Å². The second kappa shape index (κ2) is 5.30. The highest BCUT2D eigenvalue weighted by Gasteiger charge is 2.24. The topological polar surface area (TPSA) is 86.3 Å². The summed E-state index contributed by atoms with van der Waals surface area (Å²) in [5.41, 5.74) is 0.665. The van der Waals surface area contributed by atoms with Gasteiger partial charge in [-0.1, -0.05) is 0 Å². The first kappa shape index (κ1) is 12.8. The van der Waals surface area contributed by atoms with Crippen LogP contribution in [-0.2, 0) is 4.79 Å². The van der Waals surface area contributed by atoms with Crippen molar-refractivity contribution in [2.24, 2.45) is 0 Å². The molecule has 1 aliphatic heterocycles. The molecule has 1 aromatic heterocycles. The van der Waals surface area contributed by atoms with E-state index in [9.17, 15) is 9.59 Å². The summed E-state index contributed by atoms with van der Waals surface area (Å²) in [7, 11) is 0. The molecule has 1 saturated heterocycles. The number of aryl methyl sites for hydroxylation is 1. The molecule has 0 radical (unpaired) electrons. The molecule has 0 aliphatic carbocycles. The maximum atomic E-state index is 11.4. The first-order valence-electron chi connectivity index (χ1n) is 6.06. The standard InChI is InChI=1S/C12H17N3O3/c1-8-13-10(6-11(17)14-8)9-2-4-15(5-3-9)12(18)7-16/h6,9,16H,2-5,7H2,1H3,(H,13,14,17). The number of hydrogen-bond donors (Lipinski definition) is 2. The van der Waals surface area contributed by atoms with Crippen molar-refractivity contribution in [3.8, 4) is 0 Å². The van der Waals surface area contributed by atoms with E-state index in [0.717, 1.165) is 18.5 Å². The van der Waals surface area contributed by atoms with Gasteiger partial charge in [-0.3, -0.25) is 9.59 Å². The Morgan fingerprint density at radius 1 is 1.56 bits per heavy atom. The van der Waals surface area contributed by atoms with Crippen molar-refractivity contribution in [1.29, 1.82) is 0 Å². The number of aliphatic hydroxyl groups is 1. The van der Waals surface area contributed by atoms with E-state index in [1.165, 1.54) is 6.07 Å². The number of hydrogen-bond acceptors (Lipinski definition) is 4. The lowest BCUT2D eigenvalue weighted by Crippen LogP contribution is -2.39. The molecule has 0 unspecified atom stereocenters. The molecule has 0 spiro atoms. The van der Waals surface area contributed by atoms with Gasteiger partial charge in [0.25, 0.3) is 5.56 Å². The molecule has 1 aromatic rings. The lowest BCUT2D eigenvalue weighted by atomic mass is 9.93. The zero-order valence-electron chi connectivity index (χ0n) is 10.3. The molecule has 0 atom stereocenters. The van der Waals surface area contributed by atoms with E-state index in [-0.39, 0.29) is 17.4 Å². The molecule has 1 amide bonds. The van der Waals surface area contributed by atoms with Crippen LogP contribution in [0.25, 0.3) is 0 Å². The van der Waals surface area contributed by atoms with E-state index in [1.807, 2.05) is 0 Å². The predicted molar refractivity (Wildman–Crippen MR) is 65.2 cm³/mol. The Labute approximate surface area is 105 Å². The van der Waals surface area contributed by atoms with E-state index in [2.05, 4.69) is 9.97 Å². The van der Waals surface area contributed by atoms with Crippen LogP contribution in [0.2, 0.25) is 0 Å². The lowest BCUT2D eigenvalue weighted by molar-refractivity contribution is -0.135. The van der Waals surface area contributed by atoms with Gasteiger partial charge in [0, 0.05) is 25.1 Å². The summed E-state index contributed by atoms with van der Waals surface area (Å²) in [6, 6.07) is 1.53. The highest BCUT2D eigenvalue weighted by Crippen LogP contribution is 2.25. The number of aromatic nitrogens is 2. The van der Waals surface area contributed by atoms with E-state index >= 15 is 0 Å². The Morgan fingerprint density at radius 2 is 2.22 bits per heavy atom. The van der Waals surface area contributed by atoms with Crippen molar-refractivity contribution in [3.05, 3.63) is 27.9 Å². The van der Waals surface area contributed by atoms with Crippen LogP contribution >= 0.6 is 0 Å². The minimum absolute atomic E-state index is 0.133. The van der Waals surface area contributed by atoms with Gasteiger partial charge < -0.3 is 15.0 Å². The minimum atomic E-state index is -0.437. The van der Waals surface area contributed by atoms with E-state index < -0.39 is 6.61 Å². The summed E-state index contributed by atoms with van der Waals surface area (Å²) in [6.45, 7) is 2.54. The molecule has 2 heterocycles. The number of H-pyrrole nitrogens is 1. The number of carbonyl (C=O) groups is 1. The van der Waals surface area contributed by atoms with Crippen molar-refractivity contribution < 1.29 is 9.90 Å². The van der Waals surface area contributed by atoms with Gasteiger partial charge in [-0.15, -0.1) is 0 Å². The summed E-state index contributed by atoms with van der Waals surface area (Å²) in [5.74, 6) is 0.601. The molecule has 1 fully saturated rings. The maximum Gasteiger partial charge on any atom is 0.251 e. The number of nitrogens with one attached hydrogen (secondary N) is 1. The number of carbonyl (C=O) groups excluding carboxylic acids is 1. The number of amides is 1. The summed E-state index contributed by atoms with van der Waals surface area (Å²) >= 11 is 0. The molecule has 0 saturated carbocycles. The van der Waals surface area contributed by atoms with Gasteiger partial charge in [-0.2, -0.15) is 0 Å². The SMILES string of the molecule is Cc1nc(C2CCN(C(=O)CO)CC2)cc(=O)[nH]1. The monoisotopic (exact) mass is 251 g/mol. The number of likely N-dealkylation sites (tertiary alicyclic amines) is 1. The van der Waals surface area contributed by atoms with Crippen molar-refractivity contribution in [2.75, 3.05) is 19.7 Å². The molecule has 0 bridgehead atoms. The van der Waals surface area contributed by atoms with Gasteiger partial charge >= 0.3 is 0 Å². The van der Waals surface area contributed by atoms with Crippen LogP contribution in [0.3, 0.4) is 0 Å². The normalized spacial score (nSPS) is 16.9. The number of piperidine rings is 1. The second-order valence-electron chi connectivity index (χ2n) is 4.57. The third kappa shape index (κ3) is 2.76. The predicted octanol–water partition coefficient (Wildman–Crippen LogP) is -0.223. The molecule has 2 N–H and O–H groups in total. The Morgan fingerprint density at radius 3 is 2.78 bits per heavy atom. The van der Waals surface area contributed by atoms with Crippen molar-refractivity contribution >= 4 is 5.91 Å². The van der Waals surface area contributed by atoms with Gasteiger partial charge in [0.1, 0.15) is 12.4 Å². The Hall–Kier alpha value is -1.69. The molecule has 2 rings (SSSR count). The quantitative estimate of drug-likeness (QED) is 0.760. The number of rotatable bonds is 2.